The van der Waals surface area contributed by atoms with Gasteiger partial charge >= 0.3 is 0 Å². The average molecular weight is 561 g/mol. The third kappa shape index (κ3) is 7.05. The first kappa shape index (κ1) is 30.0. The van der Waals surface area contributed by atoms with Crippen molar-refractivity contribution >= 4 is 23.2 Å². The maximum Gasteiger partial charge on any atom is 0.258 e. The summed E-state index contributed by atoms with van der Waals surface area (Å²) in [7, 11) is 1.56. The number of benzene rings is 3. The van der Waals surface area contributed by atoms with E-state index >= 15 is 0 Å². The maximum atomic E-state index is 14.0. The largest absolute Gasteiger partial charge is 0.495 e. The van der Waals surface area contributed by atoms with E-state index < -0.39 is 6.04 Å². The summed E-state index contributed by atoms with van der Waals surface area (Å²) in [6.45, 7) is 4.06. The number of carbonyl (C=O) groups excluding carboxylic acids is 3. The molecule has 0 aromatic heterocycles. The highest BCUT2D eigenvalue weighted by molar-refractivity contribution is 6.09. The van der Waals surface area contributed by atoms with E-state index in [2.05, 4.69) is 4.90 Å². The van der Waals surface area contributed by atoms with Crippen LogP contribution in [0.25, 0.3) is 0 Å². The molecule has 1 atom stereocenters. The Kier molecular flexibility index (Phi) is 9.99. The van der Waals surface area contributed by atoms with Crippen molar-refractivity contribution in [1.29, 1.82) is 0 Å². The SMILES string of the molecule is COc1ccccc1N(CCN1CCC(C(=O)c2ccc(F)cc2)CC1)C(=O)c1ccc(C(=O)C(C)N)cc1CN. The summed E-state index contributed by atoms with van der Waals surface area (Å²) >= 11 is 0. The van der Waals surface area contributed by atoms with Gasteiger partial charge in [0.05, 0.1) is 18.8 Å². The van der Waals surface area contributed by atoms with Gasteiger partial charge in [-0.1, -0.05) is 18.2 Å². The first-order valence-electron chi connectivity index (χ1n) is 13.8. The van der Waals surface area contributed by atoms with E-state index in [1.54, 1.807) is 43.2 Å². The summed E-state index contributed by atoms with van der Waals surface area (Å²) in [5.41, 5.74) is 14.3. The Morgan fingerprint density at radius 3 is 2.32 bits per heavy atom. The molecule has 4 N–H and O–H groups in total. The molecule has 3 aromatic carbocycles. The lowest BCUT2D eigenvalue weighted by Crippen LogP contribution is -2.43. The van der Waals surface area contributed by atoms with Gasteiger partial charge in [0.25, 0.3) is 5.91 Å². The number of amides is 1. The highest BCUT2D eigenvalue weighted by Crippen LogP contribution is 2.30. The van der Waals surface area contributed by atoms with Gasteiger partial charge in [-0.25, -0.2) is 4.39 Å². The van der Waals surface area contributed by atoms with E-state index in [1.807, 2.05) is 18.2 Å². The van der Waals surface area contributed by atoms with Crippen LogP contribution >= 0.6 is 0 Å². The predicted molar refractivity (Wildman–Crippen MR) is 157 cm³/mol. The van der Waals surface area contributed by atoms with Gasteiger partial charge in [-0.3, -0.25) is 14.4 Å². The van der Waals surface area contributed by atoms with Crippen LogP contribution in [0.3, 0.4) is 0 Å². The van der Waals surface area contributed by atoms with Crippen LogP contribution in [-0.2, 0) is 6.54 Å². The minimum atomic E-state index is -0.664. The van der Waals surface area contributed by atoms with E-state index in [0.29, 0.717) is 72.7 Å². The van der Waals surface area contributed by atoms with Crippen LogP contribution in [0.1, 0.15) is 56.4 Å². The molecule has 0 aliphatic carbocycles. The molecule has 0 spiro atoms. The number of nitrogens with zero attached hydrogens (tertiary/aromatic N) is 2. The molecule has 9 heteroatoms. The van der Waals surface area contributed by atoms with Crippen molar-refractivity contribution in [3.8, 4) is 5.75 Å². The number of ether oxygens (including phenoxy) is 1. The standard InChI is InChI=1S/C32H37FN4O4/c1-21(35)30(38)24-9-12-27(25(19-24)20-34)32(40)37(28-5-3-4-6-29(28)41-2)18-17-36-15-13-23(14-16-36)31(39)22-7-10-26(33)11-8-22/h3-12,19,21,23H,13-18,20,34-35H2,1-2H3. The van der Waals surface area contributed by atoms with Crippen molar-refractivity contribution in [3.63, 3.8) is 0 Å². The molecule has 1 amide bonds. The number of likely N-dealkylation sites (tertiary alicyclic amines) is 1. The molecule has 1 saturated heterocycles. The molecule has 8 nitrogen and oxygen atoms in total. The molecular formula is C32H37FN4O4. The molecule has 4 rings (SSSR count). The van der Waals surface area contributed by atoms with Gasteiger partial charge in [-0.15, -0.1) is 0 Å². The molecule has 1 heterocycles. The van der Waals surface area contributed by atoms with Gasteiger partial charge in [0, 0.05) is 42.2 Å². The Morgan fingerprint density at radius 2 is 1.68 bits per heavy atom. The fourth-order valence-electron chi connectivity index (χ4n) is 5.23. The quantitative estimate of drug-likeness (QED) is 0.340. The van der Waals surface area contributed by atoms with Crippen molar-refractivity contribution in [2.24, 2.45) is 17.4 Å². The third-order valence-corrected chi connectivity index (χ3v) is 7.60. The second kappa shape index (κ2) is 13.6. The van der Waals surface area contributed by atoms with Crippen molar-refractivity contribution in [3.05, 3.63) is 94.8 Å². The lowest BCUT2D eigenvalue weighted by atomic mass is 9.89. The van der Waals surface area contributed by atoms with Gasteiger partial charge in [0.1, 0.15) is 11.6 Å². The van der Waals surface area contributed by atoms with Crippen LogP contribution in [0.2, 0.25) is 0 Å². The van der Waals surface area contributed by atoms with E-state index in [1.165, 1.54) is 24.3 Å². The fraction of sp³-hybridized carbons (Fsp3) is 0.344. The number of anilines is 1. The smallest absolute Gasteiger partial charge is 0.258 e. The lowest BCUT2D eigenvalue weighted by molar-refractivity contribution is 0.0841. The minimum absolute atomic E-state index is 0.0377. The third-order valence-electron chi connectivity index (χ3n) is 7.60. The minimum Gasteiger partial charge on any atom is -0.495 e. The van der Waals surface area contributed by atoms with Gasteiger partial charge in [-0.2, -0.15) is 0 Å². The number of halogens is 1. The number of hydrogen-bond donors (Lipinski definition) is 2. The van der Waals surface area contributed by atoms with Crippen LogP contribution < -0.4 is 21.1 Å². The van der Waals surface area contributed by atoms with Gasteiger partial charge in [0.15, 0.2) is 11.6 Å². The number of carbonyl (C=O) groups is 3. The zero-order valence-electron chi connectivity index (χ0n) is 23.5. The predicted octanol–water partition coefficient (Wildman–Crippen LogP) is 4.06. The molecule has 0 bridgehead atoms. The molecule has 1 aliphatic heterocycles. The Labute approximate surface area is 240 Å². The van der Waals surface area contributed by atoms with Gasteiger partial charge in [-0.05, 0) is 86.9 Å². The number of nitrogens with two attached hydrogens (primary N) is 2. The first-order chi connectivity index (χ1) is 19.7. The summed E-state index contributed by atoms with van der Waals surface area (Å²) in [5, 5.41) is 0. The zero-order chi connectivity index (χ0) is 29.5. The van der Waals surface area contributed by atoms with E-state index in [4.69, 9.17) is 16.2 Å². The summed E-state index contributed by atoms with van der Waals surface area (Å²) in [6, 6.07) is 17.2. The Balaban J connectivity index is 1.51. The number of ketones is 2. The Morgan fingerprint density at radius 1 is 1.02 bits per heavy atom. The molecule has 0 radical (unpaired) electrons. The van der Waals surface area contributed by atoms with Crippen molar-refractivity contribution < 1.29 is 23.5 Å². The molecule has 41 heavy (non-hydrogen) atoms. The van der Waals surface area contributed by atoms with Crippen molar-refractivity contribution in [2.75, 3.05) is 38.2 Å². The summed E-state index contributed by atoms with van der Waals surface area (Å²) in [4.78, 5) is 43.3. The van der Waals surface area contributed by atoms with Crippen LogP contribution in [0.15, 0.2) is 66.7 Å². The summed E-state index contributed by atoms with van der Waals surface area (Å²) in [6.07, 6.45) is 1.37. The summed E-state index contributed by atoms with van der Waals surface area (Å²) < 4.78 is 18.8. The molecule has 1 unspecified atom stereocenters. The molecule has 3 aromatic rings. The molecule has 216 valence electrons. The van der Waals surface area contributed by atoms with Crippen molar-refractivity contribution in [1.82, 2.24) is 4.90 Å². The number of methoxy groups -OCH3 is 1. The van der Waals surface area contributed by atoms with Crippen LogP contribution in [0.4, 0.5) is 10.1 Å². The normalized spacial score (nSPS) is 14.9. The van der Waals surface area contributed by atoms with Gasteiger partial charge < -0.3 is 26.0 Å². The monoisotopic (exact) mass is 560 g/mol. The number of para-hydroxylation sites is 2. The first-order valence-corrected chi connectivity index (χ1v) is 13.8. The van der Waals surface area contributed by atoms with Crippen LogP contribution in [-0.4, -0.2) is 61.7 Å². The number of Topliss-reactive ketones (excluding diaryl/α,β-unsaturated/α-hetero) is 2. The van der Waals surface area contributed by atoms with E-state index in [-0.39, 0.29) is 35.8 Å². The summed E-state index contributed by atoms with van der Waals surface area (Å²) in [5.74, 6) is -0.358. The average Bonchev–Trinajstić information content (AvgIpc) is 3.00. The number of rotatable bonds is 11. The molecular weight excluding hydrogens is 523 g/mol. The lowest BCUT2D eigenvalue weighted by Gasteiger charge is -2.33. The highest BCUT2D eigenvalue weighted by atomic mass is 19.1. The van der Waals surface area contributed by atoms with Crippen LogP contribution in [0, 0.1) is 11.7 Å². The second-order valence-corrected chi connectivity index (χ2v) is 10.3. The topological polar surface area (TPSA) is 119 Å². The fourth-order valence-corrected chi connectivity index (χ4v) is 5.23. The number of piperidine rings is 1. The maximum absolute atomic E-state index is 14.0. The highest BCUT2D eigenvalue weighted by Gasteiger charge is 2.28. The molecule has 1 aliphatic rings. The number of hydrogen-bond acceptors (Lipinski definition) is 7. The zero-order valence-corrected chi connectivity index (χ0v) is 23.5. The van der Waals surface area contributed by atoms with E-state index in [0.717, 1.165) is 0 Å². The van der Waals surface area contributed by atoms with Crippen LogP contribution in [0.5, 0.6) is 5.75 Å². The molecule has 1 fully saturated rings. The van der Waals surface area contributed by atoms with Gasteiger partial charge in [0.2, 0.25) is 0 Å². The Bertz CT molecular complexity index is 1380. The van der Waals surface area contributed by atoms with E-state index in [9.17, 15) is 18.8 Å². The second-order valence-electron chi connectivity index (χ2n) is 10.3. The Hall–Kier alpha value is -3.92. The van der Waals surface area contributed by atoms with Crippen molar-refractivity contribution in [2.45, 2.75) is 32.4 Å². The molecule has 0 saturated carbocycles.